The molecule has 164 valence electrons. The lowest BCUT2D eigenvalue weighted by molar-refractivity contribution is -0.137. The Morgan fingerprint density at radius 3 is 2.53 bits per heavy atom. The highest BCUT2D eigenvalue weighted by Crippen LogP contribution is 2.32. The van der Waals surface area contributed by atoms with Gasteiger partial charge in [-0.1, -0.05) is 36.4 Å². The first-order valence-corrected chi connectivity index (χ1v) is 9.61. The van der Waals surface area contributed by atoms with Gasteiger partial charge in [-0.25, -0.2) is 4.98 Å². The summed E-state index contributed by atoms with van der Waals surface area (Å²) in [6.45, 7) is -0.253. The number of hydrogen-bond acceptors (Lipinski definition) is 6. The second-order valence-electron chi connectivity index (χ2n) is 6.96. The summed E-state index contributed by atoms with van der Waals surface area (Å²) in [5.41, 5.74) is -0.152. The van der Waals surface area contributed by atoms with Gasteiger partial charge < -0.3 is 20.7 Å². The highest BCUT2D eigenvalue weighted by Gasteiger charge is 2.30. The lowest BCUT2D eigenvalue weighted by Gasteiger charge is -2.18. The third-order valence-electron chi connectivity index (χ3n) is 4.76. The SMILES string of the molecule is O=c1[nH]ccc2nc(N[C@H](CO)c3ccccc3)nc(Nc3cccc(C(F)(F)F)c3)c12. The fourth-order valence-corrected chi connectivity index (χ4v) is 3.23. The largest absolute Gasteiger partial charge is 0.416 e. The summed E-state index contributed by atoms with van der Waals surface area (Å²) in [5.74, 6) is 0.129. The summed E-state index contributed by atoms with van der Waals surface area (Å²) < 4.78 is 39.3. The van der Waals surface area contributed by atoms with Crippen LogP contribution in [0.25, 0.3) is 10.9 Å². The Hall–Kier alpha value is -3.92. The number of aromatic nitrogens is 3. The Morgan fingerprint density at radius 2 is 1.81 bits per heavy atom. The average Bonchev–Trinajstić information content (AvgIpc) is 2.77. The van der Waals surface area contributed by atoms with Crippen molar-refractivity contribution in [1.29, 1.82) is 0 Å². The van der Waals surface area contributed by atoms with Gasteiger partial charge in [0, 0.05) is 11.9 Å². The molecule has 0 radical (unpaired) electrons. The molecule has 10 heteroatoms. The van der Waals surface area contributed by atoms with Crippen LogP contribution in [-0.2, 0) is 6.18 Å². The topological polar surface area (TPSA) is 103 Å². The molecule has 0 aliphatic rings. The van der Waals surface area contributed by atoms with E-state index in [2.05, 4.69) is 25.6 Å². The van der Waals surface area contributed by atoms with Gasteiger partial charge in [0.15, 0.2) is 0 Å². The normalized spacial score (nSPS) is 12.5. The number of pyridine rings is 1. The van der Waals surface area contributed by atoms with Gasteiger partial charge in [-0.3, -0.25) is 4.79 Å². The number of anilines is 3. The Labute approximate surface area is 180 Å². The molecule has 0 unspecified atom stereocenters. The van der Waals surface area contributed by atoms with Crippen LogP contribution in [0.4, 0.5) is 30.6 Å². The number of hydrogen-bond donors (Lipinski definition) is 4. The first-order valence-electron chi connectivity index (χ1n) is 9.61. The van der Waals surface area contributed by atoms with Gasteiger partial charge in [0.25, 0.3) is 5.56 Å². The van der Waals surface area contributed by atoms with E-state index < -0.39 is 23.3 Å². The Kier molecular flexibility index (Phi) is 5.78. The molecule has 4 N–H and O–H groups in total. The molecule has 0 amide bonds. The summed E-state index contributed by atoms with van der Waals surface area (Å²) in [4.78, 5) is 23.6. The van der Waals surface area contributed by atoms with E-state index in [1.807, 2.05) is 30.3 Å². The minimum absolute atomic E-state index is 0.0309. The highest BCUT2D eigenvalue weighted by molar-refractivity contribution is 5.90. The molecule has 0 spiro atoms. The smallest absolute Gasteiger partial charge is 0.394 e. The number of fused-ring (bicyclic) bond motifs is 1. The molecule has 4 rings (SSSR count). The lowest BCUT2D eigenvalue weighted by Crippen LogP contribution is -2.18. The van der Waals surface area contributed by atoms with E-state index in [0.29, 0.717) is 0 Å². The van der Waals surface area contributed by atoms with Gasteiger partial charge in [-0.05, 0) is 29.8 Å². The quantitative estimate of drug-likeness (QED) is 0.357. The van der Waals surface area contributed by atoms with Gasteiger partial charge in [0.1, 0.15) is 11.2 Å². The number of aromatic amines is 1. The van der Waals surface area contributed by atoms with Gasteiger partial charge in [0.05, 0.1) is 23.7 Å². The maximum absolute atomic E-state index is 13.1. The minimum atomic E-state index is -4.51. The number of alkyl halides is 3. The Balaban J connectivity index is 1.76. The van der Waals surface area contributed by atoms with E-state index in [0.717, 1.165) is 17.7 Å². The number of nitrogens with one attached hydrogen (secondary N) is 3. The lowest BCUT2D eigenvalue weighted by atomic mass is 10.1. The van der Waals surface area contributed by atoms with Crippen LogP contribution in [0.2, 0.25) is 0 Å². The van der Waals surface area contributed by atoms with Crippen molar-refractivity contribution in [3.05, 3.63) is 88.3 Å². The summed E-state index contributed by atoms with van der Waals surface area (Å²) in [6.07, 6.45) is -3.10. The molecule has 2 aromatic carbocycles. The van der Waals surface area contributed by atoms with Crippen molar-refractivity contribution in [3.63, 3.8) is 0 Å². The molecule has 0 fully saturated rings. The van der Waals surface area contributed by atoms with Crippen LogP contribution >= 0.6 is 0 Å². The van der Waals surface area contributed by atoms with Crippen LogP contribution in [0, 0.1) is 0 Å². The molecule has 4 aromatic rings. The number of aliphatic hydroxyl groups excluding tert-OH is 1. The molecule has 0 saturated carbocycles. The van der Waals surface area contributed by atoms with Crippen LogP contribution in [0.1, 0.15) is 17.2 Å². The zero-order valence-electron chi connectivity index (χ0n) is 16.5. The number of H-pyrrole nitrogens is 1. The van der Waals surface area contributed by atoms with Crippen molar-refractivity contribution < 1.29 is 18.3 Å². The minimum Gasteiger partial charge on any atom is -0.394 e. The predicted molar refractivity (Wildman–Crippen MR) is 115 cm³/mol. The van der Waals surface area contributed by atoms with Crippen molar-refractivity contribution in [1.82, 2.24) is 15.0 Å². The van der Waals surface area contributed by atoms with E-state index in [4.69, 9.17) is 0 Å². The number of benzene rings is 2. The summed E-state index contributed by atoms with van der Waals surface area (Å²) in [6, 6.07) is 14.7. The molecule has 7 nitrogen and oxygen atoms in total. The molecular weight excluding hydrogens is 423 g/mol. The summed E-state index contributed by atoms with van der Waals surface area (Å²) in [5, 5.41) is 15.7. The molecule has 2 aromatic heterocycles. The zero-order valence-corrected chi connectivity index (χ0v) is 16.5. The van der Waals surface area contributed by atoms with Crippen LogP contribution in [-0.4, -0.2) is 26.7 Å². The van der Waals surface area contributed by atoms with Crippen molar-refractivity contribution in [2.24, 2.45) is 0 Å². The second kappa shape index (κ2) is 8.67. The first kappa shape index (κ1) is 21.3. The van der Waals surface area contributed by atoms with E-state index >= 15 is 0 Å². The van der Waals surface area contributed by atoms with Gasteiger partial charge in [-0.15, -0.1) is 0 Å². The van der Waals surface area contributed by atoms with Crippen molar-refractivity contribution in [2.45, 2.75) is 12.2 Å². The van der Waals surface area contributed by atoms with E-state index in [-0.39, 0.29) is 35.0 Å². The zero-order chi connectivity index (χ0) is 22.7. The van der Waals surface area contributed by atoms with Gasteiger partial charge in [0.2, 0.25) is 5.95 Å². The molecule has 0 bridgehead atoms. The first-order chi connectivity index (χ1) is 15.3. The van der Waals surface area contributed by atoms with E-state index in [1.54, 1.807) is 6.07 Å². The standard InChI is InChI=1S/C22H18F3N5O2/c23-22(24,25)14-7-4-8-15(11-14)27-19-18-16(9-10-26-20(18)32)28-21(30-19)29-17(12-31)13-5-2-1-3-6-13/h1-11,17,31H,12H2,(H,26,32)(H2,27,28,29,30)/t17-/m1/s1. The van der Waals surface area contributed by atoms with Crippen LogP contribution in [0.15, 0.2) is 71.7 Å². The maximum atomic E-state index is 13.1. The number of aliphatic hydroxyl groups is 1. The molecule has 1 atom stereocenters. The molecule has 0 aliphatic heterocycles. The molecule has 0 saturated heterocycles. The maximum Gasteiger partial charge on any atom is 0.416 e. The monoisotopic (exact) mass is 441 g/mol. The van der Waals surface area contributed by atoms with Crippen LogP contribution in [0.5, 0.6) is 0 Å². The van der Waals surface area contributed by atoms with Crippen molar-refractivity contribution in [3.8, 4) is 0 Å². The van der Waals surface area contributed by atoms with Crippen molar-refractivity contribution >= 4 is 28.4 Å². The molecule has 32 heavy (non-hydrogen) atoms. The number of rotatable bonds is 6. The fraction of sp³-hybridized carbons (Fsp3) is 0.136. The van der Waals surface area contributed by atoms with Gasteiger partial charge in [-0.2, -0.15) is 18.2 Å². The second-order valence-corrected chi connectivity index (χ2v) is 6.96. The summed E-state index contributed by atoms with van der Waals surface area (Å²) in [7, 11) is 0. The molecular formula is C22H18F3N5O2. The highest BCUT2D eigenvalue weighted by atomic mass is 19.4. The predicted octanol–water partition coefficient (Wildman–Crippen LogP) is 4.23. The summed E-state index contributed by atoms with van der Waals surface area (Å²) >= 11 is 0. The number of nitrogens with zero attached hydrogens (tertiary/aromatic N) is 2. The van der Waals surface area contributed by atoms with E-state index in [9.17, 15) is 23.1 Å². The Morgan fingerprint density at radius 1 is 1.03 bits per heavy atom. The fourth-order valence-electron chi connectivity index (χ4n) is 3.23. The third-order valence-corrected chi connectivity index (χ3v) is 4.76. The van der Waals surface area contributed by atoms with E-state index in [1.165, 1.54) is 18.3 Å². The molecule has 0 aliphatic carbocycles. The average molecular weight is 441 g/mol. The van der Waals surface area contributed by atoms with Gasteiger partial charge >= 0.3 is 6.18 Å². The Bertz CT molecular complexity index is 1290. The van der Waals surface area contributed by atoms with Crippen molar-refractivity contribution in [2.75, 3.05) is 17.2 Å². The molecule has 2 heterocycles. The van der Waals surface area contributed by atoms with Crippen LogP contribution in [0.3, 0.4) is 0 Å². The third kappa shape index (κ3) is 4.54. The van der Waals surface area contributed by atoms with Crippen LogP contribution < -0.4 is 16.2 Å². The number of halogens is 3.